The number of hydrogen-bond acceptors (Lipinski definition) is 3. The lowest BCUT2D eigenvalue weighted by molar-refractivity contribution is 0.251. The average molecular weight is 322 g/mol. The van der Waals surface area contributed by atoms with E-state index < -0.39 is 6.03 Å². The summed E-state index contributed by atoms with van der Waals surface area (Å²) >= 11 is 6.50. The van der Waals surface area contributed by atoms with Crippen LogP contribution in [0.5, 0.6) is 0 Å². The van der Waals surface area contributed by atoms with Gasteiger partial charge in [0.2, 0.25) is 0 Å². The van der Waals surface area contributed by atoms with Crippen molar-refractivity contribution >= 4 is 49.3 Å². The van der Waals surface area contributed by atoms with Crippen LogP contribution in [0.15, 0.2) is 21.1 Å². The maximum absolute atomic E-state index is 11.3. The Labute approximate surface area is 96.3 Å². The number of fused-ring (bicyclic) bond motifs is 1. The molecule has 1 aromatic carbocycles. The third-order valence-corrected chi connectivity index (χ3v) is 2.78. The van der Waals surface area contributed by atoms with Gasteiger partial charge in [-0.3, -0.25) is 5.43 Å². The fraction of sp³-hybridized carbons (Fsp3) is 0. The number of carbonyl (C=O) groups is 1. The summed E-state index contributed by atoms with van der Waals surface area (Å²) in [6.07, 6.45) is 0. The zero-order valence-electron chi connectivity index (χ0n) is 6.67. The summed E-state index contributed by atoms with van der Waals surface area (Å²) in [5.41, 5.74) is 2.89. The van der Waals surface area contributed by atoms with Crippen LogP contribution in [0, 0.1) is 5.21 Å². The van der Waals surface area contributed by atoms with E-state index in [1.165, 1.54) is 0 Å². The van der Waals surface area contributed by atoms with E-state index in [2.05, 4.69) is 42.6 Å². The Balaban J connectivity index is 2.58. The summed E-state index contributed by atoms with van der Waals surface area (Å²) in [7, 11) is 0. The van der Waals surface area contributed by atoms with Crippen molar-refractivity contribution in [1.29, 1.82) is 0 Å². The van der Waals surface area contributed by atoms with Gasteiger partial charge in [-0.25, -0.2) is 4.79 Å². The smallest absolute Gasteiger partial charge is 0.337 e. The highest BCUT2D eigenvalue weighted by Crippen LogP contribution is 2.37. The first kappa shape index (κ1) is 9.75. The Morgan fingerprint density at radius 3 is 2.79 bits per heavy atom. The molecule has 1 aromatic rings. The van der Waals surface area contributed by atoms with E-state index in [-0.39, 0.29) is 0 Å². The molecule has 0 aromatic heterocycles. The maximum Gasteiger partial charge on any atom is 0.337 e. The first-order valence-electron chi connectivity index (χ1n) is 3.62. The minimum Gasteiger partial charge on any atom is -0.739 e. The second-order valence-corrected chi connectivity index (χ2v) is 4.41. The summed E-state index contributed by atoms with van der Waals surface area (Å²) in [5, 5.41) is 14.3. The Kier molecular flexibility index (Phi) is 2.38. The van der Waals surface area contributed by atoms with Crippen molar-refractivity contribution in [3.05, 3.63) is 26.3 Å². The van der Waals surface area contributed by atoms with Crippen LogP contribution < -0.4 is 15.9 Å². The molecule has 5 nitrogen and oxygen atoms in total. The number of hydrazine groups is 1. The van der Waals surface area contributed by atoms with Crippen LogP contribution in [0.1, 0.15) is 0 Å². The highest BCUT2D eigenvalue weighted by Gasteiger charge is 2.18. The van der Waals surface area contributed by atoms with Gasteiger partial charge in [0.15, 0.2) is 0 Å². The SMILES string of the molecule is O=C1Nc2c(Br)cc(Br)cc2N([O-])N1. The molecule has 0 unspecified atom stereocenters. The standard InChI is InChI=1S/C7H4Br2N3O2/c8-3-1-4(9)6-5(2-3)12(14)11-7(13)10-6/h1-2H,(H2,10,11,13)/q-1. The number of halogens is 2. The molecule has 74 valence electrons. The molecule has 0 atom stereocenters. The molecule has 0 spiro atoms. The highest BCUT2D eigenvalue weighted by molar-refractivity contribution is 9.11. The van der Waals surface area contributed by atoms with Crippen molar-refractivity contribution in [2.45, 2.75) is 0 Å². The van der Waals surface area contributed by atoms with E-state index in [9.17, 15) is 10.0 Å². The molecule has 7 heteroatoms. The third-order valence-electron chi connectivity index (χ3n) is 1.69. The number of anilines is 2. The second-order valence-electron chi connectivity index (χ2n) is 2.64. The van der Waals surface area contributed by atoms with Gasteiger partial charge in [-0.15, -0.1) is 0 Å². The number of nitrogens with one attached hydrogen (secondary N) is 2. The normalized spacial score (nSPS) is 14.5. The van der Waals surface area contributed by atoms with Crippen molar-refractivity contribution in [2.24, 2.45) is 0 Å². The summed E-state index contributed by atoms with van der Waals surface area (Å²) in [6.45, 7) is 0. The van der Waals surface area contributed by atoms with Crippen molar-refractivity contribution < 1.29 is 4.79 Å². The number of hydrogen-bond donors (Lipinski definition) is 2. The number of urea groups is 1. The van der Waals surface area contributed by atoms with Crippen LogP contribution in [0.4, 0.5) is 16.2 Å². The molecule has 1 aliphatic rings. The summed E-state index contributed by atoms with van der Waals surface area (Å²) in [5.74, 6) is 0. The number of carbonyl (C=O) groups excluding carboxylic acids is 1. The van der Waals surface area contributed by atoms with Crippen molar-refractivity contribution in [1.82, 2.24) is 5.43 Å². The van der Waals surface area contributed by atoms with Gasteiger partial charge in [0.05, 0.1) is 11.4 Å². The minimum absolute atomic E-state index is 0.353. The lowest BCUT2D eigenvalue weighted by Crippen LogP contribution is -2.45. The van der Waals surface area contributed by atoms with Crippen LogP contribution in [0.25, 0.3) is 0 Å². The van der Waals surface area contributed by atoms with Gasteiger partial charge in [-0.1, -0.05) is 15.9 Å². The predicted molar refractivity (Wildman–Crippen MR) is 59.8 cm³/mol. The molecule has 1 heterocycles. The van der Waals surface area contributed by atoms with Gasteiger partial charge >= 0.3 is 6.03 Å². The van der Waals surface area contributed by atoms with Crippen LogP contribution in [0.3, 0.4) is 0 Å². The Morgan fingerprint density at radius 2 is 2.07 bits per heavy atom. The summed E-state index contributed by atoms with van der Waals surface area (Å²) in [4.78, 5) is 11.0. The number of amides is 2. The first-order valence-corrected chi connectivity index (χ1v) is 5.20. The molecule has 0 saturated heterocycles. The predicted octanol–water partition coefficient (Wildman–Crippen LogP) is 2.57. The molecule has 1 aliphatic heterocycles. The molecule has 0 saturated carbocycles. The fourth-order valence-corrected chi connectivity index (χ4v) is 2.44. The monoisotopic (exact) mass is 320 g/mol. The van der Waals surface area contributed by atoms with Gasteiger partial charge in [0.25, 0.3) is 0 Å². The van der Waals surface area contributed by atoms with Crippen LogP contribution in [-0.2, 0) is 0 Å². The molecular formula is C7H4Br2N3O2-. The molecule has 2 rings (SSSR count). The first-order chi connectivity index (χ1) is 6.58. The van der Waals surface area contributed by atoms with Crippen molar-refractivity contribution in [2.75, 3.05) is 10.5 Å². The van der Waals surface area contributed by atoms with Crippen molar-refractivity contribution in [3.63, 3.8) is 0 Å². The van der Waals surface area contributed by atoms with Gasteiger partial charge in [0, 0.05) is 8.95 Å². The van der Waals surface area contributed by atoms with Gasteiger partial charge in [-0.05, 0) is 28.1 Å². The lowest BCUT2D eigenvalue weighted by Gasteiger charge is -2.36. The van der Waals surface area contributed by atoms with E-state index in [1.807, 2.05) is 0 Å². The van der Waals surface area contributed by atoms with E-state index in [0.29, 0.717) is 21.0 Å². The Bertz CT molecular complexity index is 410. The van der Waals surface area contributed by atoms with Gasteiger partial charge in [-0.2, -0.15) is 0 Å². The van der Waals surface area contributed by atoms with E-state index >= 15 is 0 Å². The van der Waals surface area contributed by atoms with Crippen LogP contribution >= 0.6 is 31.9 Å². The average Bonchev–Trinajstić information content (AvgIpc) is 2.07. The van der Waals surface area contributed by atoms with E-state index in [0.717, 1.165) is 4.47 Å². The fourth-order valence-electron chi connectivity index (χ4n) is 1.14. The maximum atomic E-state index is 11.3. The Hall–Kier alpha value is -0.790. The number of rotatable bonds is 0. The molecular weight excluding hydrogens is 318 g/mol. The minimum atomic E-state index is -0.546. The second kappa shape index (κ2) is 3.41. The molecule has 14 heavy (non-hydrogen) atoms. The molecule has 2 amide bonds. The quantitative estimate of drug-likeness (QED) is 0.771. The van der Waals surface area contributed by atoms with Gasteiger partial charge < -0.3 is 15.7 Å². The van der Waals surface area contributed by atoms with Crippen LogP contribution in [0.2, 0.25) is 0 Å². The summed E-state index contributed by atoms with van der Waals surface area (Å²) in [6, 6.07) is 2.81. The molecule has 2 N–H and O–H groups in total. The lowest BCUT2D eigenvalue weighted by atomic mass is 10.2. The number of benzene rings is 1. The highest BCUT2D eigenvalue weighted by atomic mass is 79.9. The summed E-state index contributed by atoms with van der Waals surface area (Å²) < 4.78 is 1.40. The molecule has 0 bridgehead atoms. The largest absolute Gasteiger partial charge is 0.739 e. The number of nitrogens with zero attached hydrogens (tertiary/aromatic N) is 1. The zero-order chi connectivity index (χ0) is 10.3. The zero-order valence-corrected chi connectivity index (χ0v) is 9.85. The molecule has 0 aliphatic carbocycles. The van der Waals surface area contributed by atoms with E-state index in [4.69, 9.17) is 0 Å². The molecule has 0 fully saturated rings. The molecule has 0 radical (unpaired) electrons. The third kappa shape index (κ3) is 1.58. The van der Waals surface area contributed by atoms with E-state index in [1.54, 1.807) is 12.1 Å². The topological polar surface area (TPSA) is 67.4 Å². The Morgan fingerprint density at radius 1 is 1.36 bits per heavy atom. The van der Waals surface area contributed by atoms with Gasteiger partial charge in [0.1, 0.15) is 0 Å². The van der Waals surface area contributed by atoms with Crippen LogP contribution in [-0.4, -0.2) is 6.03 Å². The van der Waals surface area contributed by atoms with Crippen molar-refractivity contribution in [3.8, 4) is 0 Å².